The van der Waals surface area contributed by atoms with E-state index >= 15 is 0 Å². The number of carbonyl (C=O) groups excluding carboxylic acids is 1. The molecule has 4 aromatic rings. The Morgan fingerprint density at radius 3 is 2.36 bits per heavy atom. The lowest BCUT2D eigenvalue weighted by Gasteiger charge is -2.32. The Morgan fingerprint density at radius 1 is 1.00 bits per heavy atom. The van der Waals surface area contributed by atoms with Crippen LogP contribution >= 0.6 is 11.8 Å². The second-order valence-corrected chi connectivity index (χ2v) is 12.3. The highest BCUT2D eigenvalue weighted by Crippen LogP contribution is 2.35. The van der Waals surface area contributed by atoms with Gasteiger partial charge in [0.05, 0.1) is 12.8 Å². The Morgan fingerprint density at radius 2 is 1.70 bits per heavy atom. The molecule has 9 nitrogen and oxygen atoms in total. The predicted octanol–water partition coefficient (Wildman–Crippen LogP) is 8.65. The molecule has 2 heterocycles. The van der Waals surface area contributed by atoms with Crippen LogP contribution in [0.4, 0.5) is 23.7 Å². The van der Waals surface area contributed by atoms with Gasteiger partial charge in [-0.2, -0.15) is 4.99 Å². The SMILES string of the molecule is COc1ccc(C(C)C)c(N2CCCSC2=NC(=O)N=C(C)C(C)c2ccc(-c3ncn(-c4ccc(OC(F)(F)F)cc4)n3)cc2)c1. The number of methoxy groups -OCH3 is 1. The largest absolute Gasteiger partial charge is 0.573 e. The molecule has 246 valence electrons. The lowest BCUT2D eigenvalue weighted by Crippen LogP contribution is -2.35. The summed E-state index contributed by atoms with van der Waals surface area (Å²) in [5.41, 5.74) is 5.00. The van der Waals surface area contributed by atoms with Crippen LogP contribution in [0.2, 0.25) is 0 Å². The first-order chi connectivity index (χ1) is 22.4. The molecule has 0 spiro atoms. The van der Waals surface area contributed by atoms with E-state index in [-0.39, 0.29) is 17.6 Å². The summed E-state index contributed by atoms with van der Waals surface area (Å²) in [6, 6.07) is 18.4. The number of nitrogens with zero attached hydrogens (tertiary/aromatic N) is 6. The Labute approximate surface area is 275 Å². The number of benzene rings is 3. The van der Waals surface area contributed by atoms with E-state index in [1.54, 1.807) is 18.9 Å². The van der Waals surface area contributed by atoms with Gasteiger partial charge in [-0.05, 0) is 60.7 Å². The number of aromatic nitrogens is 3. The number of urea groups is 1. The van der Waals surface area contributed by atoms with Crippen LogP contribution in [0.25, 0.3) is 17.1 Å². The van der Waals surface area contributed by atoms with Crippen molar-refractivity contribution < 1.29 is 27.4 Å². The number of amidine groups is 1. The van der Waals surface area contributed by atoms with Crippen LogP contribution in [0.3, 0.4) is 0 Å². The van der Waals surface area contributed by atoms with Gasteiger partial charge in [0.25, 0.3) is 0 Å². The molecule has 0 saturated carbocycles. The maximum atomic E-state index is 13.1. The third-order valence-corrected chi connectivity index (χ3v) is 8.79. The van der Waals surface area contributed by atoms with Crippen molar-refractivity contribution >= 4 is 34.4 Å². The summed E-state index contributed by atoms with van der Waals surface area (Å²) in [5.74, 6) is 1.87. The number of rotatable bonds is 8. The van der Waals surface area contributed by atoms with Crippen LogP contribution in [0.1, 0.15) is 57.1 Å². The highest BCUT2D eigenvalue weighted by Gasteiger charge is 2.31. The third kappa shape index (κ3) is 8.39. The number of halogens is 3. The summed E-state index contributed by atoms with van der Waals surface area (Å²) in [6.07, 6.45) is -2.31. The summed E-state index contributed by atoms with van der Waals surface area (Å²) >= 11 is 1.55. The van der Waals surface area contributed by atoms with Crippen molar-refractivity contribution in [3.8, 4) is 28.6 Å². The molecule has 13 heteroatoms. The van der Waals surface area contributed by atoms with E-state index in [1.807, 2.05) is 50.2 Å². The molecule has 47 heavy (non-hydrogen) atoms. The van der Waals surface area contributed by atoms with Crippen molar-refractivity contribution in [2.24, 2.45) is 9.98 Å². The van der Waals surface area contributed by atoms with Crippen molar-refractivity contribution in [1.82, 2.24) is 14.8 Å². The first kappa shape index (κ1) is 33.7. The molecular weight excluding hydrogens is 629 g/mol. The Kier molecular flexibility index (Phi) is 10.3. The molecule has 1 aliphatic rings. The molecule has 3 aromatic carbocycles. The van der Waals surface area contributed by atoms with Gasteiger partial charge < -0.3 is 14.4 Å². The number of anilines is 1. The van der Waals surface area contributed by atoms with E-state index in [9.17, 15) is 18.0 Å². The quantitative estimate of drug-likeness (QED) is 0.174. The van der Waals surface area contributed by atoms with Gasteiger partial charge in [-0.3, -0.25) is 0 Å². The van der Waals surface area contributed by atoms with Gasteiger partial charge >= 0.3 is 12.4 Å². The van der Waals surface area contributed by atoms with Crippen molar-refractivity contribution in [2.45, 2.75) is 52.3 Å². The molecular formula is C34H35F3N6O3S. The Balaban J connectivity index is 1.28. The minimum Gasteiger partial charge on any atom is -0.497 e. The lowest BCUT2D eigenvalue weighted by atomic mass is 9.96. The number of amides is 2. The molecule has 1 atom stereocenters. The zero-order valence-corrected chi connectivity index (χ0v) is 27.5. The molecule has 0 N–H and O–H groups in total. The van der Waals surface area contributed by atoms with Crippen LogP contribution in [-0.2, 0) is 0 Å². The monoisotopic (exact) mass is 664 g/mol. The smallest absolute Gasteiger partial charge is 0.497 e. The number of carbonyl (C=O) groups is 1. The minimum absolute atomic E-state index is 0.155. The first-order valence-corrected chi connectivity index (χ1v) is 16.0. The van der Waals surface area contributed by atoms with E-state index < -0.39 is 12.4 Å². The fraction of sp³-hybridized carbons (Fsp3) is 0.324. The predicted molar refractivity (Wildman–Crippen MR) is 179 cm³/mol. The van der Waals surface area contributed by atoms with Crippen LogP contribution < -0.4 is 14.4 Å². The fourth-order valence-electron chi connectivity index (χ4n) is 5.09. The summed E-state index contributed by atoms with van der Waals surface area (Å²) < 4.78 is 48.2. The average molecular weight is 665 g/mol. The van der Waals surface area contributed by atoms with E-state index in [1.165, 1.54) is 35.3 Å². The van der Waals surface area contributed by atoms with Crippen LogP contribution in [0, 0.1) is 0 Å². The highest BCUT2D eigenvalue weighted by atomic mass is 32.2. The average Bonchev–Trinajstić information content (AvgIpc) is 3.54. The van der Waals surface area contributed by atoms with Gasteiger partial charge in [0.15, 0.2) is 11.0 Å². The van der Waals surface area contributed by atoms with Gasteiger partial charge in [-0.15, -0.1) is 18.3 Å². The number of hydrogen-bond acceptors (Lipinski definition) is 6. The second kappa shape index (κ2) is 14.4. The maximum absolute atomic E-state index is 13.1. The Bertz CT molecular complexity index is 1770. The number of aliphatic imine (C=N–C) groups is 2. The van der Waals surface area contributed by atoms with Gasteiger partial charge in [-0.25, -0.2) is 19.5 Å². The number of alkyl halides is 3. The van der Waals surface area contributed by atoms with Crippen molar-refractivity contribution in [3.05, 3.63) is 84.2 Å². The summed E-state index contributed by atoms with van der Waals surface area (Å²) in [4.78, 5) is 28.3. The lowest BCUT2D eigenvalue weighted by molar-refractivity contribution is -0.274. The standard InChI is InChI=1S/C34H35F3N6O3S/c1-21(2)29-16-15-28(45-5)19-30(29)42-17-6-18-47-33(42)40-32(44)39-23(4)22(3)24-7-9-25(10-8-24)31-38-20-43(41-31)26-11-13-27(14-12-26)46-34(35,36)37/h7-16,19-22H,6,17-18H2,1-5H3. The molecule has 1 saturated heterocycles. The van der Waals surface area contributed by atoms with E-state index in [2.05, 4.69) is 49.6 Å². The first-order valence-electron chi connectivity index (χ1n) is 15.1. The van der Waals surface area contributed by atoms with Crippen molar-refractivity contribution in [3.63, 3.8) is 0 Å². The number of hydrogen-bond donors (Lipinski definition) is 0. The van der Waals surface area contributed by atoms with Crippen LogP contribution in [0.5, 0.6) is 11.5 Å². The zero-order valence-electron chi connectivity index (χ0n) is 26.7. The second-order valence-electron chi connectivity index (χ2n) is 11.3. The van der Waals surface area contributed by atoms with Gasteiger partial charge in [-0.1, -0.05) is 62.9 Å². The highest BCUT2D eigenvalue weighted by molar-refractivity contribution is 8.14. The fourth-order valence-corrected chi connectivity index (χ4v) is 6.03. The molecule has 0 radical (unpaired) electrons. The summed E-state index contributed by atoms with van der Waals surface area (Å²) in [6.45, 7) is 8.80. The minimum atomic E-state index is -4.76. The molecule has 5 rings (SSSR count). The van der Waals surface area contributed by atoms with Crippen molar-refractivity contribution in [1.29, 1.82) is 0 Å². The molecule has 1 fully saturated rings. The maximum Gasteiger partial charge on any atom is 0.573 e. The summed E-state index contributed by atoms with van der Waals surface area (Å²) in [5, 5.41) is 5.09. The van der Waals surface area contributed by atoms with E-state index in [4.69, 9.17) is 4.74 Å². The van der Waals surface area contributed by atoms with Crippen LogP contribution in [0.15, 0.2) is 83.0 Å². The van der Waals surface area contributed by atoms with Gasteiger partial charge in [0.2, 0.25) is 0 Å². The molecule has 1 unspecified atom stereocenters. The van der Waals surface area contributed by atoms with E-state index in [0.717, 1.165) is 46.8 Å². The molecule has 1 aromatic heterocycles. The third-order valence-electron chi connectivity index (χ3n) is 7.72. The molecule has 2 amide bonds. The topological polar surface area (TPSA) is 94.2 Å². The normalized spacial score (nSPS) is 15.6. The van der Waals surface area contributed by atoms with E-state index in [0.29, 0.717) is 22.4 Å². The number of thioether (sulfide) groups is 1. The molecule has 0 bridgehead atoms. The Hall–Kier alpha value is -4.65. The van der Waals surface area contributed by atoms with Crippen LogP contribution in [-0.4, -0.2) is 57.4 Å². The zero-order chi connectivity index (χ0) is 33.7. The summed E-state index contributed by atoms with van der Waals surface area (Å²) in [7, 11) is 1.64. The molecule has 1 aliphatic heterocycles. The van der Waals surface area contributed by atoms with Crippen molar-refractivity contribution in [2.75, 3.05) is 24.3 Å². The number of ether oxygens (including phenoxy) is 2. The molecule has 0 aliphatic carbocycles. The van der Waals surface area contributed by atoms with Gasteiger partial charge in [0, 0.05) is 41.2 Å². The van der Waals surface area contributed by atoms with Gasteiger partial charge in [0.1, 0.15) is 17.8 Å².